The molecule has 1 amide bonds. The molecule has 9 heteroatoms. The van der Waals surface area contributed by atoms with E-state index >= 15 is 0 Å². The third-order valence-corrected chi connectivity index (χ3v) is 6.59. The number of fused-ring (bicyclic) bond motifs is 1. The molecule has 0 bridgehead atoms. The fraction of sp³-hybridized carbons (Fsp3) is 0.292. The fourth-order valence-electron chi connectivity index (χ4n) is 4.80. The number of benzene rings is 1. The van der Waals surface area contributed by atoms with E-state index in [1.165, 1.54) is 6.20 Å². The van der Waals surface area contributed by atoms with Gasteiger partial charge in [0.05, 0.1) is 11.3 Å². The van der Waals surface area contributed by atoms with E-state index in [-0.39, 0.29) is 17.7 Å². The maximum Gasteiger partial charge on any atom is 0.325 e. The quantitative estimate of drug-likeness (QED) is 0.502. The Morgan fingerprint density at radius 1 is 1.15 bits per heavy atom. The van der Waals surface area contributed by atoms with Gasteiger partial charge in [-0.3, -0.25) is 14.6 Å². The molecule has 1 saturated carbocycles. The Morgan fingerprint density at radius 2 is 2.00 bits per heavy atom. The lowest BCUT2D eigenvalue weighted by atomic mass is 9.99. The first kappa shape index (κ1) is 19.7. The van der Waals surface area contributed by atoms with E-state index in [4.69, 9.17) is 0 Å². The summed E-state index contributed by atoms with van der Waals surface area (Å²) in [7, 11) is 0. The van der Waals surface area contributed by atoms with E-state index in [1.807, 2.05) is 29.2 Å². The van der Waals surface area contributed by atoms with Crippen molar-refractivity contribution in [1.29, 1.82) is 0 Å². The lowest BCUT2D eigenvalue weighted by molar-refractivity contribution is 0.0530. The second-order valence-corrected chi connectivity index (χ2v) is 9.06. The number of likely N-dealkylation sites (tertiary alicyclic amines) is 1. The molecule has 3 aromatic heterocycles. The van der Waals surface area contributed by atoms with Crippen LogP contribution in [0, 0.1) is 5.92 Å². The number of nitrogens with one attached hydrogen (secondary N) is 2. The smallest absolute Gasteiger partial charge is 0.325 e. The number of hydrogen-bond donors (Lipinski definition) is 2. The molecule has 0 radical (unpaired) electrons. The minimum absolute atomic E-state index is 0.0892. The van der Waals surface area contributed by atoms with E-state index in [2.05, 4.69) is 33.0 Å². The van der Waals surface area contributed by atoms with Crippen molar-refractivity contribution in [2.45, 2.75) is 25.2 Å². The van der Waals surface area contributed by atoms with Crippen LogP contribution < -0.4 is 11.2 Å². The summed E-state index contributed by atoms with van der Waals surface area (Å²) < 4.78 is 1.66. The molecule has 4 aromatic rings. The number of aromatic nitrogens is 5. The van der Waals surface area contributed by atoms with Gasteiger partial charge in [0.25, 0.3) is 11.5 Å². The molecule has 6 rings (SSSR count). The first-order valence-electron chi connectivity index (χ1n) is 11.0. The summed E-state index contributed by atoms with van der Waals surface area (Å²) in [5, 5.41) is 4.51. The summed E-state index contributed by atoms with van der Waals surface area (Å²) in [4.78, 5) is 47.6. The molecule has 1 saturated heterocycles. The molecule has 2 aliphatic rings. The van der Waals surface area contributed by atoms with E-state index in [9.17, 15) is 14.4 Å². The van der Waals surface area contributed by atoms with Crippen molar-refractivity contribution in [3.8, 4) is 11.3 Å². The molecule has 1 aliphatic heterocycles. The molecular weight excluding hydrogens is 420 g/mol. The number of amides is 1. The zero-order valence-electron chi connectivity index (χ0n) is 18.0. The van der Waals surface area contributed by atoms with Crippen LogP contribution in [0.5, 0.6) is 0 Å². The van der Waals surface area contributed by atoms with E-state index in [0.717, 1.165) is 41.8 Å². The minimum atomic E-state index is -0.558. The number of aromatic amines is 2. The van der Waals surface area contributed by atoms with Crippen LogP contribution in [-0.2, 0) is 0 Å². The fourth-order valence-corrected chi connectivity index (χ4v) is 4.80. The van der Waals surface area contributed by atoms with Gasteiger partial charge < -0.3 is 9.88 Å². The van der Waals surface area contributed by atoms with Gasteiger partial charge in [-0.15, -0.1) is 0 Å². The van der Waals surface area contributed by atoms with Crippen molar-refractivity contribution in [3.05, 3.63) is 86.5 Å². The predicted molar refractivity (Wildman–Crippen MR) is 121 cm³/mol. The van der Waals surface area contributed by atoms with Crippen molar-refractivity contribution in [2.24, 2.45) is 5.92 Å². The van der Waals surface area contributed by atoms with Gasteiger partial charge in [-0.1, -0.05) is 19.1 Å². The monoisotopic (exact) mass is 442 g/mol. The van der Waals surface area contributed by atoms with Gasteiger partial charge in [0, 0.05) is 42.8 Å². The summed E-state index contributed by atoms with van der Waals surface area (Å²) in [6.07, 6.45) is 5.73. The molecule has 1 aromatic carbocycles. The van der Waals surface area contributed by atoms with Crippen molar-refractivity contribution < 1.29 is 4.79 Å². The van der Waals surface area contributed by atoms with Crippen LogP contribution in [0.25, 0.3) is 16.9 Å². The first-order valence-corrected chi connectivity index (χ1v) is 11.0. The van der Waals surface area contributed by atoms with Crippen molar-refractivity contribution >= 4 is 11.6 Å². The highest BCUT2D eigenvalue weighted by atomic mass is 16.2. The van der Waals surface area contributed by atoms with Gasteiger partial charge >= 0.3 is 5.69 Å². The van der Waals surface area contributed by atoms with E-state index < -0.39 is 11.2 Å². The number of imidazole rings is 1. The second kappa shape index (κ2) is 7.26. The summed E-state index contributed by atoms with van der Waals surface area (Å²) in [6.45, 7) is 3.78. The maximum absolute atomic E-state index is 12.8. The predicted octanol–water partition coefficient (Wildman–Crippen LogP) is 2.14. The summed E-state index contributed by atoms with van der Waals surface area (Å²) in [5.41, 5.74) is 3.31. The number of carbonyl (C=O) groups excluding carboxylic acids is 1. The Bertz CT molecular complexity index is 1510. The molecule has 0 unspecified atom stereocenters. The highest BCUT2D eigenvalue weighted by Gasteiger charge is 2.42. The maximum atomic E-state index is 12.8. The summed E-state index contributed by atoms with van der Waals surface area (Å²) >= 11 is 0. The van der Waals surface area contributed by atoms with Crippen LogP contribution in [-0.4, -0.2) is 48.5 Å². The van der Waals surface area contributed by atoms with Gasteiger partial charge in [0.2, 0.25) is 0 Å². The van der Waals surface area contributed by atoms with Gasteiger partial charge in [-0.25, -0.2) is 14.3 Å². The molecule has 1 aliphatic carbocycles. The lowest BCUT2D eigenvalue weighted by Gasteiger charge is -2.37. The topological polar surface area (TPSA) is 116 Å². The van der Waals surface area contributed by atoms with Crippen molar-refractivity contribution in [3.63, 3.8) is 0 Å². The number of carbonyl (C=O) groups is 1. The molecule has 2 atom stereocenters. The zero-order valence-corrected chi connectivity index (χ0v) is 18.0. The second-order valence-electron chi connectivity index (χ2n) is 9.06. The SMILES string of the molecule is CC1CN(C(=O)c2cccc([C@H]3C[C@@H]3c3cc(-c4c[nH]c(=O)[nH]c4=O)nn4ccnc34)c2)C1. The largest absolute Gasteiger partial charge is 0.338 e. The Morgan fingerprint density at radius 3 is 2.79 bits per heavy atom. The van der Waals surface area contributed by atoms with Crippen LogP contribution in [0.2, 0.25) is 0 Å². The van der Waals surface area contributed by atoms with E-state index in [1.54, 1.807) is 16.9 Å². The van der Waals surface area contributed by atoms with Crippen LogP contribution in [0.3, 0.4) is 0 Å². The number of nitrogens with zero attached hydrogens (tertiary/aromatic N) is 4. The first-order chi connectivity index (χ1) is 16.0. The average molecular weight is 442 g/mol. The van der Waals surface area contributed by atoms with Crippen LogP contribution in [0.4, 0.5) is 0 Å². The Balaban J connectivity index is 1.34. The van der Waals surface area contributed by atoms with Gasteiger partial charge in [0.1, 0.15) is 0 Å². The van der Waals surface area contributed by atoms with Crippen LogP contribution in [0.1, 0.15) is 46.7 Å². The van der Waals surface area contributed by atoms with E-state index in [0.29, 0.717) is 17.2 Å². The number of hydrogen-bond acceptors (Lipinski definition) is 5. The molecule has 2 N–H and O–H groups in total. The molecule has 166 valence electrons. The highest BCUT2D eigenvalue weighted by molar-refractivity contribution is 5.95. The van der Waals surface area contributed by atoms with Crippen molar-refractivity contribution in [2.75, 3.05) is 13.1 Å². The molecule has 4 heterocycles. The lowest BCUT2D eigenvalue weighted by Crippen LogP contribution is -2.48. The number of rotatable bonds is 4. The molecular formula is C24H22N6O3. The number of H-pyrrole nitrogens is 2. The Kier molecular flexibility index (Phi) is 4.33. The van der Waals surface area contributed by atoms with Gasteiger partial charge in [-0.2, -0.15) is 5.10 Å². The molecule has 9 nitrogen and oxygen atoms in total. The summed E-state index contributed by atoms with van der Waals surface area (Å²) in [6, 6.07) is 9.79. The van der Waals surface area contributed by atoms with Crippen LogP contribution >= 0.6 is 0 Å². The molecule has 33 heavy (non-hydrogen) atoms. The molecule has 0 spiro atoms. The minimum Gasteiger partial charge on any atom is -0.338 e. The van der Waals surface area contributed by atoms with Gasteiger partial charge in [0.15, 0.2) is 5.65 Å². The summed E-state index contributed by atoms with van der Waals surface area (Å²) in [5.74, 6) is 1.12. The highest BCUT2D eigenvalue weighted by Crippen LogP contribution is 2.55. The normalized spacial score (nSPS) is 20.1. The Labute approximate surface area is 188 Å². The third kappa shape index (κ3) is 3.36. The van der Waals surface area contributed by atoms with Gasteiger partial charge in [-0.05, 0) is 47.9 Å². The third-order valence-electron chi connectivity index (χ3n) is 6.59. The zero-order chi connectivity index (χ0) is 22.7. The standard InChI is InChI=1S/C24H22N6O3/c1-13-11-29(12-13)23(32)15-4-2-3-14(7-15)16-8-17(16)18-9-20(28-30-6-5-25-21(18)30)19-10-26-24(33)27-22(19)31/h2-7,9-10,13,16-17H,8,11-12H2,1H3,(H2,26,27,31,33)/t16-,17+/m1/s1. The van der Waals surface area contributed by atoms with Crippen LogP contribution in [0.15, 0.2) is 58.5 Å². The average Bonchev–Trinajstić information content (AvgIpc) is 3.44. The molecule has 2 fully saturated rings. The Hall–Kier alpha value is -4.01. The van der Waals surface area contributed by atoms with Crippen molar-refractivity contribution in [1.82, 2.24) is 29.5 Å².